The maximum Gasteiger partial charge on any atom is 0.222 e. The van der Waals surface area contributed by atoms with Gasteiger partial charge in [0, 0.05) is 25.0 Å². The Hall–Kier alpha value is -0.570. The van der Waals surface area contributed by atoms with Crippen molar-refractivity contribution in [3.63, 3.8) is 0 Å². The van der Waals surface area contributed by atoms with Crippen LogP contribution in [0.5, 0.6) is 0 Å². The molecule has 2 rings (SSSR count). The fraction of sp³-hybridized carbons (Fsp3) is 0.929. The first-order chi connectivity index (χ1) is 8.31. The molecule has 2 atom stereocenters. The van der Waals surface area contributed by atoms with Gasteiger partial charge in [0.05, 0.1) is 0 Å². The molecule has 0 saturated carbocycles. The van der Waals surface area contributed by atoms with Gasteiger partial charge in [-0.25, -0.2) is 0 Å². The summed E-state index contributed by atoms with van der Waals surface area (Å²) in [6, 6.07) is 1.12. The van der Waals surface area contributed by atoms with Crippen molar-refractivity contribution < 1.29 is 4.79 Å². The summed E-state index contributed by atoms with van der Waals surface area (Å²) >= 11 is 0. The van der Waals surface area contributed by atoms with Gasteiger partial charge < -0.3 is 10.2 Å². The summed E-state index contributed by atoms with van der Waals surface area (Å²) in [5.41, 5.74) is 0. The first-order valence-corrected chi connectivity index (χ1v) is 7.34. The number of likely N-dealkylation sites (tertiary alicyclic amines) is 1. The van der Waals surface area contributed by atoms with Gasteiger partial charge in [0.1, 0.15) is 0 Å². The van der Waals surface area contributed by atoms with E-state index in [1.54, 1.807) is 0 Å². The van der Waals surface area contributed by atoms with E-state index in [0.717, 1.165) is 32.4 Å². The first kappa shape index (κ1) is 12.9. The summed E-state index contributed by atoms with van der Waals surface area (Å²) < 4.78 is 0. The van der Waals surface area contributed by atoms with Crippen molar-refractivity contribution in [2.75, 3.05) is 13.1 Å². The molecule has 1 N–H and O–H groups in total. The Morgan fingerprint density at radius 3 is 2.88 bits per heavy atom. The minimum absolute atomic E-state index is 0.390. The molecule has 3 heteroatoms. The molecular weight excluding hydrogens is 212 g/mol. The number of hydrogen-bond acceptors (Lipinski definition) is 2. The van der Waals surface area contributed by atoms with E-state index in [4.69, 9.17) is 0 Å². The summed E-state index contributed by atoms with van der Waals surface area (Å²) in [7, 11) is 0. The molecule has 0 radical (unpaired) electrons. The Kier molecular flexibility index (Phi) is 4.84. The van der Waals surface area contributed by atoms with Crippen LogP contribution in [0, 0.1) is 0 Å². The van der Waals surface area contributed by atoms with Crippen LogP contribution in [0.3, 0.4) is 0 Å². The van der Waals surface area contributed by atoms with Crippen molar-refractivity contribution in [2.24, 2.45) is 0 Å². The zero-order valence-electron chi connectivity index (χ0n) is 11.1. The van der Waals surface area contributed by atoms with E-state index >= 15 is 0 Å². The number of nitrogens with one attached hydrogen (secondary N) is 1. The number of hydrogen-bond donors (Lipinski definition) is 1. The highest BCUT2D eigenvalue weighted by Gasteiger charge is 2.27. The lowest BCUT2D eigenvalue weighted by Crippen LogP contribution is -2.38. The van der Waals surface area contributed by atoms with E-state index in [9.17, 15) is 4.79 Å². The lowest BCUT2D eigenvalue weighted by Gasteiger charge is -2.26. The normalized spacial score (nSPS) is 29.6. The van der Waals surface area contributed by atoms with Crippen LogP contribution in [0.1, 0.15) is 58.3 Å². The van der Waals surface area contributed by atoms with Gasteiger partial charge in [-0.1, -0.05) is 13.3 Å². The molecule has 17 heavy (non-hydrogen) atoms. The predicted octanol–water partition coefficient (Wildman–Crippen LogP) is 2.31. The lowest BCUT2D eigenvalue weighted by molar-refractivity contribution is -0.132. The second-order valence-corrected chi connectivity index (χ2v) is 5.48. The summed E-state index contributed by atoms with van der Waals surface area (Å²) in [6.07, 6.45) is 9.19. The Labute approximate surface area is 105 Å². The highest BCUT2D eigenvalue weighted by atomic mass is 16.2. The smallest absolute Gasteiger partial charge is 0.222 e. The predicted molar refractivity (Wildman–Crippen MR) is 69.9 cm³/mol. The largest absolute Gasteiger partial charge is 0.340 e. The molecule has 0 spiro atoms. The summed E-state index contributed by atoms with van der Waals surface area (Å²) in [6.45, 7) is 4.33. The molecule has 0 aromatic rings. The second kappa shape index (κ2) is 6.39. The van der Waals surface area contributed by atoms with Crippen molar-refractivity contribution in [2.45, 2.75) is 70.4 Å². The maximum absolute atomic E-state index is 12.2. The minimum Gasteiger partial charge on any atom is -0.340 e. The average molecular weight is 238 g/mol. The highest BCUT2D eigenvalue weighted by molar-refractivity contribution is 5.76. The van der Waals surface area contributed by atoms with Crippen molar-refractivity contribution in [1.29, 1.82) is 0 Å². The van der Waals surface area contributed by atoms with Crippen LogP contribution >= 0.6 is 0 Å². The highest BCUT2D eigenvalue weighted by Crippen LogP contribution is 2.21. The first-order valence-electron chi connectivity index (χ1n) is 7.34. The fourth-order valence-electron chi connectivity index (χ4n) is 3.20. The minimum atomic E-state index is 0.390. The van der Waals surface area contributed by atoms with Crippen LogP contribution < -0.4 is 5.32 Å². The molecule has 0 aromatic heterocycles. The molecule has 2 heterocycles. The van der Waals surface area contributed by atoms with Gasteiger partial charge in [-0.2, -0.15) is 0 Å². The standard InChI is InChI=1S/C14H26N2O/c1-2-13-7-5-11-16(13)14(17)9-8-12-6-3-4-10-15-12/h12-13,15H,2-11H2,1H3. The molecule has 3 nitrogen and oxygen atoms in total. The third-order valence-electron chi connectivity index (χ3n) is 4.29. The molecule has 2 aliphatic heterocycles. The number of nitrogens with zero attached hydrogens (tertiary/aromatic N) is 1. The van der Waals surface area contributed by atoms with Gasteiger partial charge in [0.25, 0.3) is 0 Å². The topological polar surface area (TPSA) is 32.3 Å². The van der Waals surface area contributed by atoms with Gasteiger partial charge in [0.15, 0.2) is 0 Å². The van der Waals surface area contributed by atoms with E-state index in [2.05, 4.69) is 17.1 Å². The summed E-state index contributed by atoms with van der Waals surface area (Å²) in [4.78, 5) is 14.3. The van der Waals surface area contributed by atoms with Crippen molar-refractivity contribution in [3.8, 4) is 0 Å². The van der Waals surface area contributed by atoms with Gasteiger partial charge in [-0.15, -0.1) is 0 Å². The molecule has 2 unspecified atom stereocenters. The molecule has 2 aliphatic rings. The molecule has 0 aromatic carbocycles. The number of carbonyl (C=O) groups excluding carboxylic acids is 1. The molecule has 1 amide bonds. The van der Waals surface area contributed by atoms with Crippen LogP contribution in [0.25, 0.3) is 0 Å². The Balaban J connectivity index is 1.72. The van der Waals surface area contributed by atoms with E-state index in [-0.39, 0.29) is 0 Å². The number of carbonyl (C=O) groups is 1. The van der Waals surface area contributed by atoms with Crippen LogP contribution in [-0.4, -0.2) is 36.0 Å². The third kappa shape index (κ3) is 3.44. The molecule has 98 valence electrons. The van der Waals surface area contributed by atoms with E-state index in [1.165, 1.54) is 32.1 Å². The van der Waals surface area contributed by atoms with Crippen LogP contribution in [0.2, 0.25) is 0 Å². The van der Waals surface area contributed by atoms with Crippen LogP contribution in [0.15, 0.2) is 0 Å². The maximum atomic E-state index is 12.2. The van der Waals surface area contributed by atoms with Gasteiger partial charge in [0.2, 0.25) is 5.91 Å². The SMILES string of the molecule is CCC1CCCN1C(=O)CCC1CCCCN1. The monoisotopic (exact) mass is 238 g/mol. The number of amides is 1. The fourth-order valence-corrected chi connectivity index (χ4v) is 3.20. The summed E-state index contributed by atoms with van der Waals surface area (Å²) in [5.74, 6) is 0.390. The van der Waals surface area contributed by atoms with Gasteiger partial charge in [-0.3, -0.25) is 4.79 Å². The Morgan fingerprint density at radius 1 is 1.29 bits per heavy atom. The molecule has 2 saturated heterocycles. The number of rotatable bonds is 4. The van der Waals surface area contributed by atoms with E-state index in [0.29, 0.717) is 18.0 Å². The van der Waals surface area contributed by atoms with Crippen molar-refractivity contribution >= 4 is 5.91 Å². The van der Waals surface area contributed by atoms with Gasteiger partial charge in [-0.05, 0) is 45.1 Å². The number of piperidine rings is 1. The Bertz CT molecular complexity index is 249. The molecule has 2 fully saturated rings. The zero-order chi connectivity index (χ0) is 12.1. The molecule has 0 bridgehead atoms. The lowest BCUT2D eigenvalue weighted by atomic mass is 10.00. The van der Waals surface area contributed by atoms with Gasteiger partial charge >= 0.3 is 0 Å². The quantitative estimate of drug-likeness (QED) is 0.815. The second-order valence-electron chi connectivity index (χ2n) is 5.48. The average Bonchev–Trinajstić information content (AvgIpc) is 2.85. The van der Waals surface area contributed by atoms with Crippen molar-refractivity contribution in [3.05, 3.63) is 0 Å². The van der Waals surface area contributed by atoms with E-state index in [1.807, 2.05) is 0 Å². The van der Waals surface area contributed by atoms with E-state index < -0.39 is 0 Å². The molecule has 0 aliphatic carbocycles. The molecular formula is C14H26N2O. The van der Waals surface area contributed by atoms with Crippen LogP contribution in [0.4, 0.5) is 0 Å². The third-order valence-corrected chi connectivity index (χ3v) is 4.29. The summed E-state index contributed by atoms with van der Waals surface area (Å²) in [5, 5.41) is 3.52. The van der Waals surface area contributed by atoms with Crippen molar-refractivity contribution in [1.82, 2.24) is 10.2 Å². The van der Waals surface area contributed by atoms with Crippen LogP contribution in [-0.2, 0) is 4.79 Å². The zero-order valence-corrected chi connectivity index (χ0v) is 11.1. The Morgan fingerprint density at radius 2 is 2.18 bits per heavy atom.